The minimum atomic E-state index is -0.594. The fourth-order valence-electron chi connectivity index (χ4n) is 1.90. The predicted molar refractivity (Wildman–Crippen MR) is 88.7 cm³/mol. The van der Waals surface area contributed by atoms with Gasteiger partial charge in [-0.25, -0.2) is 0 Å². The molecule has 1 amide bonds. The number of nitrogens with one attached hydrogen (secondary N) is 1. The summed E-state index contributed by atoms with van der Waals surface area (Å²) in [5.74, 6) is -0.204. The normalized spacial score (nSPS) is 10.2. The number of anilines is 1. The van der Waals surface area contributed by atoms with Crippen molar-refractivity contribution in [3.05, 3.63) is 62.1 Å². The third kappa shape index (κ3) is 4.34. The molecule has 0 atom stereocenters. The van der Waals surface area contributed by atoms with Gasteiger partial charge in [-0.1, -0.05) is 23.2 Å². The van der Waals surface area contributed by atoms with Crippen molar-refractivity contribution >= 4 is 40.5 Å². The van der Waals surface area contributed by atoms with Crippen LogP contribution in [0, 0.1) is 10.1 Å². The van der Waals surface area contributed by atoms with Gasteiger partial charge in [0.2, 0.25) is 0 Å². The number of hydrogen-bond donors (Lipinski definition) is 1. The van der Waals surface area contributed by atoms with Crippen molar-refractivity contribution in [1.82, 2.24) is 0 Å². The Bertz CT molecular complexity index is 745. The number of hydrogen-bond acceptors (Lipinski definition) is 4. The van der Waals surface area contributed by atoms with Crippen LogP contribution < -0.4 is 10.1 Å². The summed E-state index contributed by atoms with van der Waals surface area (Å²) >= 11 is 11.7. The number of carbonyl (C=O) groups excluding carboxylic acids is 1. The molecule has 0 unspecified atom stereocenters. The van der Waals surface area contributed by atoms with Crippen LogP contribution in [0.25, 0.3) is 0 Å². The molecular formula is C15H12Cl2N2O4. The Morgan fingerprint density at radius 1 is 1.22 bits per heavy atom. The van der Waals surface area contributed by atoms with E-state index in [1.165, 1.54) is 36.4 Å². The summed E-state index contributed by atoms with van der Waals surface area (Å²) < 4.78 is 5.22. The van der Waals surface area contributed by atoms with Crippen LogP contribution in [-0.4, -0.2) is 17.4 Å². The third-order valence-electron chi connectivity index (χ3n) is 2.85. The quantitative estimate of drug-likeness (QED) is 0.630. The zero-order valence-corrected chi connectivity index (χ0v) is 13.5. The lowest BCUT2D eigenvalue weighted by atomic mass is 10.2. The van der Waals surface area contributed by atoms with Gasteiger partial charge in [-0.2, -0.15) is 0 Å². The number of ether oxygens (including phenoxy) is 1. The Kier molecular flexibility index (Phi) is 5.41. The molecular weight excluding hydrogens is 343 g/mol. The van der Waals surface area contributed by atoms with Crippen molar-refractivity contribution in [2.45, 2.75) is 6.92 Å². The smallest absolute Gasteiger partial charge is 0.296 e. The molecule has 0 aromatic heterocycles. The summed E-state index contributed by atoms with van der Waals surface area (Å²) in [5.41, 5.74) is -0.0114. The van der Waals surface area contributed by atoms with Crippen molar-refractivity contribution in [3.8, 4) is 5.75 Å². The molecule has 8 heteroatoms. The average molecular weight is 355 g/mol. The van der Waals surface area contributed by atoms with Crippen molar-refractivity contribution in [3.63, 3.8) is 0 Å². The lowest BCUT2D eigenvalue weighted by molar-refractivity contribution is -0.384. The van der Waals surface area contributed by atoms with Crippen LogP contribution in [0.5, 0.6) is 5.75 Å². The highest BCUT2D eigenvalue weighted by Crippen LogP contribution is 2.30. The molecule has 6 nitrogen and oxygen atoms in total. The standard InChI is InChI=1S/C15H12Cl2N2O4/c1-2-23-12-3-4-13(14(8-12)19(21)22)18-15(20)9-5-10(16)7-11(17)6-9/h3-8H,2H2,1H3,(H,18,20). The average Bonchev–Trinajstić information content (AvgIpc) is 2.47. The van der Waals surface area contributed by atoms with E-state index in [4.69, 9.17) is 27.9 Å². The molecule has 0 heterocycles. The molecule has 0 spiro atoms. The van der Waals surface area contributed by atoms with Gasteiger partial charge < -0.3 is 10.1 Å². The van der Waals surface area contributed by atoms with Crippen LogP contribution in [0.2, 0.25) is 10.0 Å². The highest BCUT2D eigenvalue weighted by molar-refractivity contribution is 6.35. The topological polar surface area (TPSA) is 81.5 Å². The predicted octanol–water partition coefficient (Wildman–Crippen LogP) is 4.55. The molecule has 2 aromatic rings. The lowest BCUT2D eigenvalue weighted by Crippen LogP contribution is -2.13. The second kappa shape index (κ2) is 7.30. The summed E-state index contributed by atoms with van der Waals surface area (Å²) in [6.07, 6.45) is 0. The van der Waals surface area contributed by atoms with Gasteiger partial charge in [0.15, 0.2) is 0 Å². The van der Waals surface area contributed by atoms with Crippen molar-refractivity contribution < 1.29 is 14.5 Å². The van der Waals surface area contributed by atoms with E-state index in [0.29, 0.717) is 22.4 Å². The van der Waals surface area contributed by atoms with Crippen LogP contribution in [-0.2, 0) is 0 Å². The van der Waals surface area contributed by atoms with Gasteiger partial charge in [0.05, 0.1) is 17.6 Å². The van der Waals surface area contributed by atoms with Crippen LogP contribution in [0.1, 0.15) is 17.3 Å². The van der Waals surface area contributed by atoms with E-state index >= 15 is 0 Å². The van der Waals surface area contributed by atoms with E-state index in [2.05, 4.69) is 5.32 Å². The summed E-state index contributed by atoms with van der Waals surface area (Å²) in [7, 11) is 0. The first-order valence-electron chi connectivity index (χ1n) is 6.59. The lowest BCUT2D eigenvalue weighted by Gasteiger charge is -2.09. The Morgan fingerprint density at radius 2 is 1.87 bits per heavy atom. The highest BCUT2D eigenvalue weighted by Gasteiger charge is 2.18. The Hall–Kier alpha value is -2.31. The number of nitrogens with zero attached hydrogens (tertiary/aromatic N) is 1. The Balaban J connectivity index is 2.31. The van der Waals surface area contributed by atoms with E-state index < -0.39 is 10.8 Å². The maximum Gasteiger partial charge on any atom is 0.296 e. The van der Waals surface area contributed by atoms with Gasteiger partial charge in [0, 0.05) is 15.6 Å². The van der Waals surface area contributed by atoms with E-state index in [9.17, 15) is 14.9 Å². The van der Waals surface area contributed by atoms with Crippen molar-refractivity contribution in [2.24, 2.45) is 0 Å². The maximum absolute atomic E-state index is 12.2. The second-order valence-corrected chi connectivity index (χ2v) is 5.35. The van der Waals surface area contributed by atoms with Gasteiger partial charge in [-0.15, -0.1) is 0 Å². The van der Waals surface area contributed by atoms with E-state index in [1.807, 2.05) is 0 Å². The SMILES string of the molecule is CCOc1ccc(NC(=O)c2cc(Cl)cc(Cl)c2)c([N+](=O)[O-])c1. The van der Waals surface area contributed by atoms with E-state index in [0.717, 1.165) is 0 Å². The first kappa shape index (κ1) is 17.1. The molecule has 0 radical (unpaired) electrons. The highest BCUT2D eigenvalue weighted by atomic mass is 35.5. The number of nitro groups is 1. The molecule has 23 heavy (non-hydrogen) atoms. The fourth-order valence-corrected chi connectivity index (χ4v) is 2.43. The van der Waals surface area contributed by atoms with Crippen LogP contribution in [0.3, 0.4) is 0 Å². The number of halogens is 2. The summed E-state index contributed by atoms with van der Waals surface area (Å²) in [6, 6.07) is 8.53. The number of nitro benzene ring substituents is 1. The molecule has 0 bridgehead atoms. The summed E-state index contributed by atoms with van der Waals surface area (Å²) in [6.45, 7) is 2.15. The van der Waals surface area contributed by atoms with Gasteiger partial charge >= 0.3 is 0 Å². The van der Waals surface area contributed by atoms with E-state index in [-0.39, 0.29) is 16.9 Å². The number of rotatable bonds is 5. The summed E-state index contributed by atoms with van der Waals surface area (Å²) in [4.78, 5) is 22.8. The molecule has 2 rings (SSSR count). The Labute approximate surface area is 142 Å². The minimum absolute atomic E-state index is 0.0551. The number of benzene rings is 2. The first-order chi connectivity index (χ1) is 10.9. The molecule has 0 aliphatic heterocycles. The molecule has 0 fully saturated rings. The second-order valence-electron chi connectivity index (χ2n) is 4.48. The molecule has 2 aromatic carbocycles. The molecule has 1 N–H and O–H groups in total. The molecule has 0 saturated carbocycles. The van der Waals surface area contributed by atoms with Gasteiger partial charge in [-0.05, 0) is 37.3 Å². The molecule has 120 valence electrons. The third-order valence-corrected chi connectivity index (χ3v) is 3.29. The van der Waals surface area contributed by atoms with Crippen LogP contribution >= 0.6 is 23.2 Å². The Morgan fingerprint density at radius 3 is 2.43 bits per heavy atom. The van der Waals surface area contributed by atoms with E-state index in [1.54, 1.807) is 6.92 Å². The van der Waals surface area contributed by atoms with Crippen molar-refractivity contribution in [1.29, 1.82) is 0 Å². The minimum Gasteiger partial charge on any atom is -0.494 e. The largest absolute Gasteiger partial charge is 0.494 e. The van der Waals surface area contributed by atoms with Gasteiger partial charge in [0.25, 0.3) is 11.6 Å². The summed E-state index contributed by atoms with van der Waals surface area (Å²) in [5, 5.41) is 14.2. The maximum atomic E-state index is 12.2. The number of carbonyl (C=O) groups is 1. The molecule has 0 aliphatic carbocycles. The first-order valence-corrected chi connectivity index (χ1v) is 7.35. The zero-order valence-electron chi connectivity index (χ0n) is 12.0. The van der Waals surface area contributed by atoms with Crippen molar-refractivity contribution in [2.75, 3.05) is 11.9 Å². The number of amides is 1. The van der Waals surface area contributed by atoms with Crippen LogP contribution in [0.15, 0.2) is 36.4 Å². The molecule has 0 aliphatic rings. The van der Waals surface area contributed by atoms with Gasteiger partial charge in [-0.3, -0.25) is 14.9 Å². The monoisotopic (exact) mass is 354 g/mol. The fraction of sp³-hybridized carbons (Fsp3) is 0.133. The zero-order chi connectivity index (χ0) is 17.0. The van der Waals surface area contributed by atoms with Gasteiger partial charge in [0.1, 0.15) is 11.4 Å². The molecule has 0 saturated heterocycles. The van der Waals surface area contributed by atoms with Crippen LogP contribution in [0.4, 0.5) is 11.4 Å².